The van der Waals surface area contributed by atoms with E-state index in [-0.39, 0.29) is 17.9 Å². The summed E-state index contributed by atoms with van der Waals surface area (Å²) in [6.07, 6.45) is 4.82. The predicted octanol–water partition coefficient (Wildman–Crippen LogP) is 5.78. The van der Waals surface area contributed by atoms with Gasteiger partial charge in [0.2, 0.25) is 0 Å². The molecule has 0 saturated carbocycles. The van der Waals surface area contributed by atoms with Crippen molar-refractivity contribution in [2.24, 2.45) is 17.4 Å². The molecular formula is C30H35Cl2N5OS. The number of nitrogens with one attached hydrogen (secondary N) is 2. The van der Waals surface area contributed by atoms with E-state index in [0.717, 1.165) is 60.2 Å². The third-order valence-corrected chi connectivity index (χ3v) is 8.96. The molecule has 1 heterocycles. The molecule has 1 saturated heterocycles. The molecule has 39 heavy (non-hydrogen) atoms. The van der Waals surface area contributed by atoms with Gasteiger partial charge in [-0.05, 0) is 110 Å². The molecule has 0 aliphatic carbocycles. The molecule has 206 valence electrons. The van der Waals surface area contributed by atoms with Crippen molar-refractivity contribution in [3.63, 3.8) is 0 Å². The molecule has 3 aromatic rings. The predicted molar refractivity (Wildman–Crippen MR) is 164 cm³/mol. The number of nitrogens with zero attached hydrogens (tertiary/aromatic N) is 1. The van der Waals surface area contributed by atoms with E-state index >= 15 is 0 Å². The molecule has 0 spiro atoms. The van der Waals surface area contributed by atoms with Gasteiger partial charge in [-0.1, -0.05) is 59.6 Å². The molecule has 1 fully saturated rings. The molecule has 0 amide bonds. The summed E-state index contributed by atoms with van der Waals surface area (Å²) in [5.74, 6) is 0.652. The Hall–Kier alpha value is -2.39. The minimum Gasteiger partial charge on any atom is -0.384 e. The zero-order valence-corrected chi connectivity index (χ0v) is 24.1. The van der Waals surface area contributed by atoms with Crippen LogP contribution in [0.25, 0.3) is 11.1 Å². The second-order valence-corrected chi connectivity index (χ2v) is 11.7. The lowest BCUT2D eigenvalue weighted by Gasteiger charge is -2.38. The fraction of sp³-hybridized carbons (Fsp3) is 0.333. The standard InChI is InChI=1S/C30H35Cl2N5OS/c31-26-8-7-23(18-27(26)32)22-4-2-6-25(17-22)39-36-28(16-21-3-1-5-24(15-21)30(34)35)29(19-38)37-13-10-20(9-12-33)11-14-37/h1-8,15,17-20,28-29,36H,9-14,16,33H2,(H3,34,35). The Morgan fingerprint density at radius 2 is 1.79 bits per heavy atom. The number of benzene rings is 3. The maximum absolute atomic E-state index is 12.5. The number of nitrogens with two attached hydrogens (primary N) is 2. The number of rotatable bonds is 12. The van der Waals surface area contributed by atoms with Crippen molar-refractivity contribution >= 4 is 47.3 Å². The lowest BCUT2D eigenvalue weighted by atomic mass is 9.91. The van der Waals surface area contributed by atoms with Gasteiger partial charge in [-0.2, -0.15) is 0 Å². The van der Waals surface area contributed by atoms with E-state index in [1.807, 2.05) is 54.6 Å². The number of hydrogen-bond acceptors (Lipinski definition) is 6. The van der Waals surface area contributed by atoms with E-state index in [9.17, 15) is 4.79 Å². The van der Waals surface area contributed by atoms with Gasteiger partial charge < -0.3 is 16.3 Å². The first kappa shape index (κ1) is 29.6. The zero-order chi connectivity index (χ0) is 27.8. The van der Waals surface area contributed by atoms with Crippen molar-refractivity contribution < 1.29 is 4.79 Å². The molecule has 1 aliphatic rings. The molecule has 0 bridgehead atoms. The second-order valence-electron chi connectivity index (χ2n) is 9.98. The Kier molecular flexibility index (Phi) is 10.9. The molecular weight excluding hydrogens is 549 g/mol. The van der Waals surface area contributed by atoms with Gasteiger partial charge in [0.1, 0.15) is 12.1 Å². The molecule has 6 nitrogen and oxygen atoms in total. The number of amidine groups is 1. The highest BCUT2D eigenvalue weighted by atomic mass is 35.5. The Balaban J connectivity index is 1.54. The smallest absolute Gasteiger partial charge is 0.138 e. The van der Waals surface area contributed by atoms with E-state index in [0.29, 0.717) is 34.5 Å². The summed E-state index contributed by atoms with van der Waals surface area (Å²) in [6.45, 7) is 2.45. The van der Waals surface area contributed by atoms with Crippen LogP contribution in [0.15, 0.2) is 71.6 Å². The van der Waals surface area contributed by atoms with E-state index in [4.69, 9.17) is 40.1 Å². The van der Waals surface area contributed by atoms with Crippen molar-refractivity contribution in [3.8, 4) is 11.1 Å². The largest absolute Gasteiger partial charge is 0.384 e. The number of aldehydes is 1. The van der Waals surface area contributed by atoms with Crippen LogP contribution in [0.4, 0.5) is 0 Å². The Labute approximate surface area is 245 Å². The van der Waals surface area contributed by atoms with Gasteiger partial charge >= 0.3 is 0 Å². The van der Waals surface area contributed by atoms with Crippen LogP contribution in [0.5, 0.6) is 0 Å². The summed E-state index contributed by atoms with van der Waals surface area (Å²) in [5, 5.41) is 8.87. The van der Waals surface area contributed by atoms with E-state index in [1.54, 1.807) is 6.07 Å². The fourth-order valence-electron chi connectivity index (χ4n) is 5.12. The maximum atomic E-state index is 12.5. The van der Waals surface area contributed by atoms with Crippen molar-refractivity contribution in [2.45, 2.75) is 42.7 Å². The average Bonchev–Trinajstić information content (AvgIpc) is 2.95. The molecule has 6 N–H and O–H groups in total. The number of hydrogen-bond donors (Lipinski definition) is 4. The normalized spacial score (nSPS) is 16.1. The lowest BCUT2D eigenvalue weighted by molar-refractivity contribution is -0.113. The number of nitrogen functional groups attached to an aromatic ring is 1. The minimum absolute atomic E-state index is 0.0313. The minimum atomic E-state index is -0.296. The SMILES string of the molecule is N=C(N)c1cccc(CC(NSc2cccc(-c3ccc(Cl)c(Cl)c3)c2)C(C=O)N2CCC(CCN)CC2)c1. The quantitative estimate of drug-likeness (QED) is 0.0931. The maximum Gasteiger partial charge on any atom is 0.138 e. The van der Waals surface area contributed by atoms with E-state index < -0.39 is 0 Å². The molecule has 2 atom stereocenters. The number of halogens is 2. The zero-order valence-electron chi connectivity index (χ0n) is 21.8. The Bertz CT molecular complexity index is 1280. The summed E-state index contributed by atoms with van der Waals surface area (Å²) < 4.78 is 3.61. The first-order valence-corrected chi connectivity index (χ1v) is 14.8. The van der Waals surface area contributed by atoms with Crippen LogP contribution in [0, 0.1) is 11.3 Å². The van der Waals surface area contributed by atoms with Gasteiger partial charge in [0.15, 0.2) is 0 Å². The van der Waals surface area contributed by atoms with Gasteiger partial charge in [0.05, 0.1) is 16.1 Å². The lowest BCUT2D eigenvalue weighted by Crippen LogP contribution is -2.53. The molecule has 3 aromatic carbocycles. The highest BCUT2D eigenvalue weighted by molar-refractivity contribution is 7.97. The van der Waals surface area contributed by atoms with Crippen LogP contribution >= 0.6 is 35.1 Å². The summed E-state index contributed by atoms with van der Waals surface area (Å²) in [6, 6.07) is 21.0. The third-order valence-electron chi connectivity index (χ3n) is 7.31. The third kappa shape index (κ3) is 8.07. The monoisotopic (exact) mass is 583 g/mol. The number of likely N-dealkylation sites (tertiary alicyclic amines) is 1. The van der Waals surface area contributed by atoms with E-state index in [2.05, 4.69) is 15.7 Å². The fourth-order valence-corrected chi connectivity index (χ4v) is 6.26. The Morgan fingerprint density at radius 1 is 1.05 bits per heavy atom. The van der Waals surface area contributed by atoms with Gasteiger partial charge in [0, 0.05) is 16.5 Å². The number of piperidine rings is 1. The summed E-state index contributed by atoms with van der Waals surface area (Å²) in [4.78, 5) is 15.9. The first-order chi connectivity index (χ1) is 18.9. The van der Waals surface area contributed by atoms with Gasteiger partial charge in [-0.15, -0.1) is 0 Å². The first-order valence-electron chi connectivity index (χ1n) is 13.2. The van der Waals surface area contributed by atoms with Crippen molar-refractivity contribution in [2.75, 3.05) is 19.6 Å². The summed E-state index contributed by atoms with van der Waals surface area (Å²) in [5.41, 5.74) is 15.2. The van der Waals surface area contributed by atoms with Crippen LogP contribution in [0.3, 0.4) is 0 Å². The molecule has 1 aliphatic heterocycles. The highest BCUT2D eigenvalue weighted by Gasteiger charge is 2.31. The molecule has 0 aromatic heterocycles. The topological polar surface area (TPSA) is 108 Å². The average molecular weight is 585 g/mol. The van der Waals surface area contributed by atoms with Crippen molar-refractivity contribution in [1.29, 1.82) is 5.41 Å². The van der Waals surface area contributed by atoms with Crippen LogP contribution < -0.4 is 16.2 Å². The van der Waals surface area contributed by atoms with Gasteiger partial charge in [0.25, 0.3) is 0 Å². The van der Waals surface area contributed by atoms with Gasteiger partial charge in [-0.3, -0.25) is 15.0 Å². The molecule has 0 radical (unpaired) electrons. The number of carbonyl (C=O) groups excluding carboxylic acids is 1. The van der Waals surface area contributed by atoms with Crippen LogP contribution in [0.1, 0.15) is 30.4 Å². The molecule has 9 heteroatoms. The van der Waals surface area contributed by atoms with E-state index in [1.165, 1.54) is 11.9 Å². The van der Waals surface area contributed by atoms with Crippen LogP contribution in [-0.4, -0.2) is 48.7 Å². The second kappa shape index (κ2) is 14.3. The number of carbonyl (C=O) groups is 1. The van der Waals surface area contributed by atoms with Crippen LogP contribution in [0.2, 0.25) is 10.0 Å². The summed E-state index contributed by atoms with van der Waals surface area (Å²) >= 11 is 13.9. The molecule has 4 rings (SSSR count). The van der Waals surface area contributed by atoms with Crippen molar-refractivity contribution in [1.82, 2.24) is 9.62 Å². The van der Waals surface area contributed by atoms with Crippen LogP contribution in [-0.2, 0) is 11.2 Å². The van der Waals surface area contributed by atoms with Gasteiger partial charge in [-0.25, -0.2) is 0 Å². The molecule has 2 unspecified atom stereocenters. The Morgan fingerprint density at radius 3 is 2.49 bits per heavy atom. The highest BCUT2D eigenvalue weighted by Crippen LogP contribution is 2.31. The summed E-state index contributed by atoms with van der Waals surface area (Å²) in [7, 11) is 0. The van der Waals surface area contributed by atoms with Crippen molar-refractivity contribution in [3.05, 3.63) is 87.9 Å².